The number of hydrogen-bond acceptors (Lipinski definition) is 4. The zero-order chi connectivity index (χ0) is 15.7. The second-order valence-corrected chi connectivity index (χ2v) is 4.78. The first-order valence-corrected chi connectivity index (χ1v) is 7.09. The lowest BCUT2D eigenvalue weighted by Crippen LogP contribution is -2.32. The van der Waals surface area contributed by atoms with E-state index in [1.165, 1.54) is 12.7 Å². The normalized spacial score (nSPS) is 10.0. The third-order valence-electron chi connectivity index (χ3n) is 3.22. The van der Waals surface area contributed by atoms with Crippen molar-refractivity contribution >= 4 is 11.9 Å². The van der Waals surface area contributed by atoms with Gasteiger partial charge in [0.1, 0.15) is 5.75 Å². The molecule has 1 amide bonds. The fraction of sp³-hybridized carbons (Fsp3) is 0.500. The molecule has 0 aliphatic heterocycles. The standard InChI is InChI=1S/C16H23NO4/c1-4-13-7-9-14(10-8-13)21-12-15(18)17(2)11-5-6-16(19)20-3/h7-10H,4-6,11-12H2,1-3H3. The lowest BCUT2D eigenvalue weighted by atomic mass is 10.2. The summed E-state index contributed by atoms with van der Waals surface area (Å²) >= 11 is 0. The third-order valence-corrected chi connectivity index (χ3v) is 3.22. The van der Waals surface area contributed by atoms with E-state index in [2.05, 4.69) is 11.7 Å². The number of ether oxygens (including phenoxy) is 2. The molecule has 0 saturated heterocycles. The summed E-state index contributed by atoms with van der Waals surface area (Å²) in [7, 11) is 3.05. The van der Waals surface area contributed by atoms with Gasteiger partial charge in [-0.25, -0.2) is 0 Å². The first kappa shape index (κ1) is 17.0. The Kier molecular flexibility index (Phi) is 7.29. The van der Waals surface area contributed by atoms with E-state index in [-0.39, 0.29) is 18.5 Å². The first-order chi connectivity index (χ1) is 10.1. The van der Waals surface area contributed by atoms with Crippen LogP contribution in [0.4, 0.5) is 0 Å². The Labute approximate surface area is 125 Å². The van der Waals surface area contributed by atoms with Crippen molar-refractivity contribution in [3.8, 4) is 5.75 Å². The quantitative estimate of drug-likeness (QED) is 0.688. The van der Waals surface area contributed by atoms with Gasteiger partial charge in [0, 0.05) is 20.0 Å². The molecule has 0 N–H and O–H groups in total. The highest BCUT2D eigenvalue weighted by molar-refractivity contribution is 5.77. The number of amides is 1. The van der Waals surface area contributed by atoms with Crippen molar-refractivity contribution in [2.24, 2.45) is 0 Å². The molecule has 0 spiro atoms. The van der Waals surface area contributed by atoms with Crippen molar-refractivity contribution in [1.82, 2.24) is 4.90 Å². The number of methoxy groups -OCH3 is 1. The average molecular weight is 293 g/mol. The van der Waals surface area contributed by atoms with Crippen LogP contribution < -0.4 is 4.74 Å². The third kappa shape index (κ3) is 6.29. The number of likely N-dealkylation sites (N-methyl/N-ethyl adjacent to an activating group) is 1. The summed E-state index contributed by atoms with van der Waals surface area (Å²) in [5, 5.41) is 0. The Morgan fingerprint density at radius 1 is 1.19 bits per heavy atom. The molecule has 1 aromatic rings. The van der Waals surface area contributed by atoms with Gasteiger partial charge in [-0.05, 0) is 30.5 Å². The molecule has 0 fully saturated rings. The Hall–Kier alpha value is -2.04. The SMILES string of the molecule is CCc1ccc(OCC(=O)N(C)CCCC(=O)OC)cc1. The van der Waals surface area contributed by atoms with Crippen molar-refractivity contribution in [3.05, 3.63) is 29.8 Å². The number of esters is 1. The van der Waals surface area contributed by atoms with E-state index in [9.17, 15) is 9.59 Å². The monoisotopic (exact) mass is 293 g/mol. The molecule has 0 aromatic heterocycles. The van der Waals surface area contributed by atoms with Crippen molar-refractivity contribution in [2.45, 2.75) is 26.2 Å². The summed E-state index contributed by atoms with van der Waals surface area (Å²) in [5.41, 5.74) is 1.23. The molecular formula is C16H23NO4. The maximum atomic E-state index is 11.9. The molecule has 116 valence electrons. The maximum absolute atomic E-state index is 11.9. The van der Waals surface area contributed by atoms with Crippen LogP contribution in [0.2, 0.25) is 0 Å². The fourth-order valence-electron chi connectivity index (χ4n) is 1.76. The largest absolute Gasteiger partial charge is 0.484 e. The van der Waals surface area contributed by atoms with Crippen molar-refractivity contribution in [3.63, 3.8) is 0 Å². The number of hydrogen-bond donors (Lipinski definition) is 0. The van der Waals surface area contributed by atoms with Crippen LogP contribution in [-0.2, 0) is 20.7 Å². The van der Waals surface area contributed by atoms with Gasteiger partial charge in [-0.15, -0.1) is 0 Å². The van der Waals surface area contributed by atoms with Crippen molar-refractivity contribution in [2.75, 3.05) is 27.3 Å². The van der Waals surface area contributed by atoms with Crippen molar-refractivity contribution in [1.29, 1.82) is 0 Å². The Morgan fingerprint density at radius 2 is 1.86 bits per heavy atom. The van der Waals surface area contributed by atoms with E-state index in [0.717, 1.165) is 6.42 Å². The molecule has 0 radical (unpaired) electrons. The topological polar surface area (TPSA) is 55.8 Å². The number of rotatable bonds is 8. The van der Waals surface area contributed by atoms with Crippen LogP contribution in [0, 0.1) is 0 Å². The minimum atomic E-state index is -0.261. The van der Waals surface area contributed by atoms with Crippen LogP contribution in [-0.4, -0.2) is 44.1 Å². The summed E-state index contributed by atoms with van der Waals surface area (Å²) < 4.78 is 10.0. The second kappa shape index (κ2) is 9.00. The lowest BCUT2D eigenvalue weighted by Gasteiger charge is -2.17. The van der Waals surface area contributed by atoms with Gasteiger partial charge >= 0.3 is 5.97 Å². The zero-order valence-electron chi connectivity index (χ0n) is 12.9. The van der Waals surface area contributed by atoms with E-state index in [0.29, 0.717) is 25.1 Å². The molecule has 21 heavy (non-hydrogen) atoms. The number of aryl methyl sites for hydroxylation is 1. The summed E-state index contributed by atoms with van der Waals surface area (Å²) in [6, 6.07) is 7.70. The first-order valence-electron chi connectivity index (χ1n) is 7.09. The Morgan fingerprint density at radius 3 is 2.43 bits per heavy atom. The highest BCUT2D eigenvalue weighted by Gasteiger charge is 2.10. The van der Waals surface area contributed by atoms with E-state index < -0.39 is 0 Å². The minimum absolute atomic E-state index is 0.000194. The van der Waals surface area contributed by atoms with Gasteiger partial charge in [-0.3, -0.25) is 9.59 Å². The lowest BCUT2D eigenvalue weighted by molar-refractivity contribution is -0.141. The molecule has 1 aromatic carbocycles. The Bertz CT molecular complexity index is 456. The highest BCUT2D eigenvalue weighted by atomic mass is 16.5. The number of carbonyl (C=O) groups excluding carboxylic acids is 2. The molecule has 1 rings (SSSR count). The van der Waals surface area contributed by atoms with E-state index in [1.807, 2.05) is 24.3 Å². The van der Waals surface area contributed by atoms with Crippen LogP contribution in [0.5, 0.6) is 5.75 Å². The molecule has 5 nitrogen and oxygen atoms in total. The van der Waals surface area contributed by atoms with E-state index in [4.69, 9.17) is 4.74 Å². The predicted molar refractivity (Wildman–Crippen MR) is 80.2 cm³/mol. The van der Waals surface area contributed by atoms with Gasteiger partial charge in [0.2, 0.25) is 0 Å². The minimum Gasteiger partial charge on any atom is -0.484 e. The highest BCUT2D eigenvalue weighted by Crippen LogP contribution is 2.12. The van der Waals surface area contributed by atoms with Gasteiger partial charge in [0.25, 0.3) is 5.91 Å². The molecule has 0 bridgehead atoms. The predicted octanol–water partition coefficient (Wildman–Crippen LogP) is 2.04. The summed E-state index contributed by atoms with van der Waals surface area (Å²) in [4.78, 5) is 24.4. The maximum Gasteiger partial charge on any atom is 0.305 e. The zero-order valence-corrected chi connectivity index (χ0v) is 12.9. The molecule has 0 aliphatic carbocycles. The van der Waals surface area contributed by atoms with Crippen LogP contribution >= 0.6 is 0 Å². The van der Waals surface area contributed by atoms with E-state index >= 15 is 0 Å². The summed E-state index contributed by atoms with van der Waals surface area (Å²) in [5.74, 6) is 0.311. The molecule has 5 heteroatoms. The van der Waals surface area contributed by atoms with Crippen LogP contribution in [0.15, 0.2) is 24.3 Å². The number of benzene rings is 1. The molecule has 0 heterocycles. The van der Waals surface area contributed by atoms with Gasteiger partial charge in [0.05, 0.1) is 7.11 Å². The molecular weight excluding hydrogens is 270 g/mol. The molecule has 0 atom stereocenters. The van der Waals surface area contributed by atoms with Crippen LogP contribution in [0.1, 0.15) is 25.3 Å². The fourth-order valence-corrected chi connectivity index (χ4v) is 1.76. The van der Waals surface area contributed by atoms with Gasteiger partial charge < -0.3 is 14.4 Å². The molecule has 0 unspecified atom stereocenters. The van der Waals surface area contributed by atoms with Gasteiger partial charge in [0.15, 0.2) is 6.61 Å². The van der Waals surface area contributed by atoms with Gasteiger partial charge in [-0.1, -0.05) is 19.1 Å². The Balaban J connectivity index is 2.29. The molecule has 0 saturated carbocycles. The molecule has 0 aliphatic rings. The van der Waals surface area contributed by atoms with Crippen LogP contribution in [0.3, 0.4) is 0 Å². The smallest absolute Gasteiger partial charge is 0.305 e. The second-order valence-electron chi connectivity index (χ2n) is 4.78. The summed E-state index contributed by atoms with van der Waals surface area (Å²) in [6.45, 7) is 2.59. The van der Waals surface area contributed by atoms with E-state index in [1.54, 1.807) is 11.9 Å². The number of nitrogens with zero attached hydrogens (tertiary/aromatic N) is 1. The van der Waals surface area contributed by atoms with Gasteiger partial charge in [-0.2, -0.15) is 0 Å². The average Bonchev–Trinajstić information content (AvgIpc) is 2.52. The van der Waals surface area contributed by atoms with Crippen molar-refractivity contribution < 1.29 is 19.1 Å². The summed E-state index contributed by atoms with van der Waals surface area (Å²) in [6.07, 6.45) is 1.87. The van der Waals surface area contributed by atoms with Crippen LogP contribution in [0.25, 0.3) is 0 Å². The number of carbonyl (C=O) groups is 2.